The molecule has 3 heterocycles. The highest BCUT2D eigenvalue weighted by Gasteiger charge is 2.21. The van der Waals surface area contributed by atoms with Gasteiger partial charge >= 0.3 is 0 Å². The number of hydrogen-bond donors (Lipinski definition) is 1. The zero-order chi connectivity index (χ0) is 16.2. The van der Waals surface area contributed by atoms with Crippen LogP contribution < -0.4 is 10.2 Å². The van der Waals surface area contributed by atoms with Gasteiger partial charge in [0.15, 0.2) is 0 Å². The maximum Gasteiger partial charge on any atom is 0.131 e. The molecule has 2 aromatic rings. The number of anilines is 1. The van der Waals surface area contributed by atoms with E-state index in [1.807, 2.05) is 34.9 Å². The summed E-state index contributed by atoms with van der Waals surface area (Å²) in [7, 11) is 2.02. The number of nitrogens with zero attached hydrogens (tertiary/aromatic N) is 5. The van der Waals surface area contributed by atoms with Gasteiger partial charge in [-0.05, 0) is 19.9 Å². The second-order valence-corrected chi connectivity index (χ2v) is 6.12. The molecule has 0 amide bonds. The second-order valence-electron chi connectivity index (χ2n) is 6.12. The molecule has 1 fully saturated rings. The topological polar surface area (TPSA) is 60.1 Å². The van der Waals surface area contributed by atoms with E-state index in [0.717, 1.165) is 45.1 Å². The predicted molar refractivity (Wildman–Crippen MR) is 89.5 cm³/mol. The summed E-state index contributed by atoms with van der Waals surface area (Å²) in [6.07, 6.45) is 3.81. The highest BCUT2D eigenvalue weighted by atomic mass is 16.5. The van der Waals surface area contributed by atoms with Crippen LogP contribution in [-0.2, 0) is 24.9 Å². The Balaban J connectivity index is 1.67. The van der Waals surface area contributed by atoms with E-state index in [0.29, 0.717) is 6.04 Å². The quantitative estimate of drug-likeness (QED) is 0.859. The molecule has 0 saturated carbocycles. The molecule has 0 bridgehead atoms. The third-order valence-corrected chi connectivity index (χ3v) is 4.27. The van der Waals surface area contributed by atoms with Gasteiger partial charge in [-0.25, -0.2) is 0 Å². The van der Waals surface area contributed by atoms with E-state index in [-0.39, 0.29) is 0 Å². The van der Waals surface area contributed by atoms with Crippen LogP contribution in [0.25, 0.3) is 0 Å². The highest BCUT2D eigenvalue weighted by molar-refractivity contribution is 5.50. The fraction of sp³-hybridized carbons (Fsp3) is 0.625. The first-order valence-corrected chi connectivity index (χ1v) is 8.21. The van der Waals surface area contributed by atoms with Gasteiger partial charge in [-0.1, -0.05) is 0 Å². The molecule has 7 heteroatoms. The van der Waals surface area contributed by atoms with Crippen molar-refractivity contribution in [3.8, 4) is 0 Å². The molecule has 23 heavy (non-hydrogen) atoms. The standard InChI is InChI=1S/C16H26N6O/c1-13(12-22-6-4-5-18-22)17-11-15-14(2)19-20(3)16(15)21-7-9-23-10-8-21/h4-6,13,17H,7-12H2,1-3H3. The largest absolute Gasteiger partial charge is 0.378 e. The van der Waals surface area contributed by atoms with Crippen LogP contribution >= 0.6 is 0 Å². The van der Waals surface area contributed by atoms with Crippen LogP contribution in [0.4, 0.5) is 5.82 Å². The average Bonchev–Trinajstić information content (AvgIpc) is 3.13. The van der Waals surface area contributed by atoms with Crippen LogP contribution in [0.1, 0.15) is 18.2 Å². The number of morpholine rings is 1. The maximum atomic E-state index is 5.47. The van der Waals surface area contributed by atoms with E-state index in [1.54, 1.807) is 0 Å². The lowest BCUT2D eigenvalue weighted by atomic mass is 10.2. The van der Waals surface area contributed by atoms with Crippen LogP contribution in [-0.4, -0.2) is 51.9 Å². The van der Waals surface area contributed by atoms with Crippen molar-refractivity contribution >= 4 is 5.82 Å². The van der Waals surface area contributed by atoms with Gasteiger partial charge in [0.2, 0.25) is 0 Å². The number of aromatic nitrogens is 4. The molecule has 0 spiro atoms. The first-order chi connectivity index (χ1) is 11.1. The zero-order valence-electron chi connectivity index (χ0n) is 14.2. The van der Waals surface area contributed by atoms with Gasteiger partial charge in [-0.15, -0.1) is 0 Å². The molecule has 126 valence electrons. The Morgan fingerprint density at radius 3 is 2.83 bits per heavy atom. The fourth-order valence-corrected chi connectivity index (χ4v) is 3.10. The normalized spacial score (nSPS) is 16.7. The molecule has 1 aliphatic heterocycles. The van der Waals surface area contributed by atoms with Gasteiger partial charge in [0.05, 0.1) is 25.5 Å². The third kappa shape index (κ3) is 3.73. The number of ether oxygens (including phenoxy) is 1. The summed E-state index contributed by atoms with van der Waals surface area (Å²) in [6.45, 7) is 9.36. The van der Waals surface area contributed by atoms with Crippen molar-refractivity contribution in [1.82, 2.24) is 24.9 Å². The summed E-state index contributed by atoms with van der Waals surface area (Å²) >= 11 is 0. The van der Waals surface area contributed by atoms with Crippen LogP contribution in [0.15, 0.2) is 18.5 Å². The first-order valence-electron chi connectivity index (χ1n) is 8.21. The molecule has 3 rings (SSSR count). The molecule has 1 saturated heterocycles. The van der Waals surface area contributed by atoms with Gasteiger partial charge in [-0.2, -0.15) is 10.2 Å². The predicted octanol–water partition coefficient (Wildman–Crippen LogP) is 0.940. The number of nitrogens with one attached hydrogen (secondary N) is 1. The van der Waals surface area contributed by atoms with Crippen molar-refractivity contribution in [2.24, 2.45) is 7.05 Å². The van der Waals surface area contributed by atoms with E-state index >= 15 is 0 Å². The lowest BCUT2D eigenvalue weighted by Crippen LogP contribution is -2.38. The zero-order valence-corrected chi connectivity index (χ0v) is 14.2. The summed E-state index contributed by atoms with van der Waals surface area (Å²) in [6, 6.07) is 2.29. The number of hydrogen-bond acceptors (Lipinski definition) is 5. The van der Waals surface area contributed by atoms with Crippen LogP contribution in [0.2, 0.25) is 0 Å². The summed E-state index contributed by atoms with van der Waals surface area (Å²) < 4.78 is 9.42. The van der Waals surface area contributed by atoms with Gasteiger partial charge in [0, 0.05) is 50.7 Å². The summed E-state index contributed by atoms with van der Waals surface area (Å²) in [5, 5.41) is 12.5. The lowest BCUT2D eigenvalue weighted by molar-refractivity contribution is 0.122. The summed E-state index contributed by atoms with van der Waals surface area (Å²) in [5.41, 5.74) is 2.37. The minimum Gasteiger partial charge on any atom is -0.378 e. The molecule has 0 aliphatic carbocycles. The van der Waals surface area contributed by atoms with Crippen molar-refractivity contribution in [2.75, 3.05) is 31.2 Å². The van der Waals surface area contributed by atoms with Crippen molar-refractivity contribution < 1.29 is 4.74 Å². The highest BCUT2D eigenvalue weighted by Crippen LogP contribution is 2.24. The summed E-state index contributed by atoms with van der Waals surface area (Å²) in [5.74, 6) is 1.21. The Morgan fingerprint density at radius 2 is 2.13 bits per heavy atom. The molecule has 1 atom stereocenters. The Labute approximate surface area is 137 Å². The van der Waals surface area contributed by atoms with Crippen LogP contribution in [0.3, 0.4) is 0 Å². The van der Waals surface area contributed by atoms with E-state index in [4.69, 9.17) is 4.74 Å². The molecule has 0 aromatic carbocycles. The maximum absolute atomic E-state index is 5.47. The Bertz CT molecular complexity index is 615. The molecule has 7 nitrogen and oxygen atoms in total. The van der Waals surface area contributed by atoms with Gasteiger partial charge in [-0.3, -0.25) is 9.36 Å². The molecule has 0 radical (unpaired) electrons. The van der Waals surface area contributed by atoms with Crippen molar-refractivity contribution in [3.05, 3.63) is 29.7 Å². The van der Waals surface area contributed by atoms with Gasteiger partial charge in [0.1, 0.15) is 5.82 Å². The second kappa shape index (κ2) is 7.14. The van der Waals surface area contributed by atoms with Crippen molar-refractivity contribution in [1.29, 1.82) is 0 Å². The molecule has 1 aliphatic rings. The summed E-state index contributed by atoms with van der Waals surface area (Å²) in [4.78, 5) is 2.37. The molecular weight excluding hydrogens is 292 g/mol. The SMILES string of the molecule is Cc1nn(C)c(N2CCOCC2)c1CNC(C)Cn1cccn1. The van der Waals surface area contributed by atoms with Crippen LogP contribution in [0.5, 0.6) is 0 Å². The number of aryl methyl sites for hydroxylation is 2. The first kappa shape index (κ1) is 16.0. The van der Waals surface area contributed by atoms with Crippen molar-refractivity contribution in [3.63, 3.8) is 0 Å². The average molecular weight is 318 g/mol. The van der Waals surface area contributed by atoms with Gasteiger partial charge in [0.25, 0.3) is 0 Å². The third-order valence-electron chi connectivity index (χ3n) is 4.27. The Morgan fingerprint density at radius 1 is 1.35 bits per heavy atom. The molecular formula is C16H26N6O. The van der Waals surface area contributed by atoms with Crippen LogP contribution in [0, 0.1) is 6.92 Å². The fourth-order valence-electron chi connectivity index (χ4n) is 3.10. The monoisotopic (exact) mass is 318 g/mol. The molecule has 1 N–H and O–H groups in total. The minimum atomic E-state index is 0.340. The Kier molecular flexibility index (Phi) is 4.97. The van der Waals surface area contributed by atoms with E-state index in [1.165, 1.54) is 11.4 Å². The Hall–Kier alpha value is -1.86. The minimum absolute atomic E-state index is 0.340. The molecule has 2 aromatic heterocycles. The smallest absolute Gasteiger partial charge is 0.131 e. The van der Waals surface area contributed by atoms with E-state index in [2.05, 4.69) is 34.3 Å². The van der Waals surface area contributed by atoms with E-state index < -0.39 is 0 Å². The molecule has 1 unspecified atom stereocenters. The van der Waals surface area contributed by atoms with E-state index in [9.17, 15) is 0 Å². The van der Waals surface area contributed by atoms with Crippen molar-refractivity contribution in [2.45, 2.75) is 33.0 Å². The lowest BCUT2D eigenvalue weighted by Gasteiger charge is -2.29. The van der Waals surface area contributed by atoms with Gasteiger partial charge < -0.3 is 15.0 Å². The number of rotatable bonds is 6.